The Kier molecular flexibility index (Phi) is 8.70. The second-order valence-corrected chi connectivity index (χ2v) is 10.6. The molecule has 1 saturated carbocycles. The molecule has 0 aromatic heterocycles. The number of rotatable bonds is 13. The highest BCUT2D eigenvalue weighted by Crippen LogP contribution is 2.49. The largest absolute Gasteiger partial charge is 0.508 e. The Morgan fingerprint density at radius 3 is 2.15 bits per heavy atom. The van der Waals surface area contributed by atoms with Gasteiger partial charge in [-0.1, -0.05) is 78.4 Å². The second kappa shape index (κ2) is 10.5. The molecule has 0 bridgehead atoms. The summed E-state index contributed by atoms with van der Waals surface area (Å²) in [5, 5.41) is 10.3. The molecular weight excluding hydrogens is 328 g/mol. The summed E-state index contributed by atoms with van der Waals surface area (Å²) in [7, 11) is 0. The second-order valence-electron chi connectivity index (χ2n) is 10.6. The average molecular weight is 373 g/mol. The van der Waals surface area contributed by atoms with E-state index in [4.69, 9.17) is 0 Å². The summed E-state index contributed by atoms with van der Waals surface area (Å²) in [5.41, 5.74) is 3.78. The molecule has 0 amide bonds. The SMILES string of the molecule is CC(C)(C)CCCCCCc1c(O)cccc1CCCCCCC1(C)CC1. The van der Waals surface area contributed by atoms with Crippen molar-refractivity contribution in [3.63, 3.8) is 0 Å². The van der Waals surface area contributed by atoms with Crippen molar-refractivity contribution in [2.45, 2.75) is 118 Å². The van der Waals surface area contributed by atoms with E-state index in [0.29, 0.717) is 16.6 Å². The Morgan fingerprint density at radius 1 is 0.852 bits per heavy atom. The maximum atomic E-state index is 10.3. The van der Waals surface area contributed by atoms with Gasteiger partial charge in [0.15, 0.2) is 0 Å². The van der Waals surface area contributed by atoms with Crippen molar-refractivity contribution in [3.05, 3.63) is 29.3 Å². The molecule has 0 atom stereocenters. The van der Waals surface area contributed by atoms with E-state index in [1.807, 2.05) is 12.1 Å². The Hall–Kier alpha value is -0.980. The van der Waals surface area contributed by atoms with E-state index >= 15 is 0 Å². The molecular formula is C26H44O. The van der Waals surface area contributed by atoms with Crippen molar-refractivity contribution in [2.24, 2.45) is 10.8 Å². The van der Waals surface area contributed by atoms with E-state index in [1.165, 1.54) is 88.2 Å². The summed E-state index contributed by atoms with van der Waals surface area (Å²) in [5.74, 6) is 0.517. The number of aryl methyl sites for hydroxylation is 1. The number of hydrogen-bond acceptors (Lipinski definition) is 1. The predicted molar refractivity (Wildman–Crippen MR) is 118 cm³/mol. The number of phenolic OH excluding ortho intramolecular Hbond substituents is 1. The molecule has 0 aliphatic heterocycles. The van der Waals surface area contributed by atoms with Crippen LogP contribution in [0.15, 0.2) is 18.2 Å². The third kappa shape index (κ3) is 9.17. The van der Waals surface area contributed by atoms with Gasteiger partial charge in [0, 0.05) is 0 Å². The smallest absolute Gasteiger partial charge is 0.119 e. The third-order valence-corrected chi connectivity index (χ3v) is 6.43. The Morgan fingerprint density at radius 2 is 1.48 bits per heavy atom. The molecule has 1 aromatic carbocycles. The van der Waals surface area contributed by atoms with E-state index in [2.05, 4.69) is 33.8 Å². The lowest BCUT2D eigenvalue weighted by atomic mass is 9.89. The van der Waals surface area contributed by atoms with Crippen molar-refractivity contribution >= 4 is 0 Å². The predicted octanol–water partition coefficient (Wildman–Crippen LogP) is 8.22. The summed E-state index contributed by atoms with van der Waals surface area (Å²) in [6.07, 6.45) is 18.3. The summed E-state index contributed by atoms with van der Waals surface area (Å²) >= 11 is 0. The fourth-order valence-electron chi connectivity index (χ4n) is 4.14. The molecule has 0 unspecified atom stereocenters. The van der Waals surface area contributed by atoms with Gasteiger partial charge in [-0.25, -0.2) is 0 Å². The summed E-state index contributed by atoms with van der Waals surface area (Å²) in [4.78, 5) is 0. The van der Waals surface area contributed by atoms with Gasteiger partial charge in [-0.15, -0.1) is 0 Å². The topological polar surface area (TPSA) is 20.2 Å². The molecule has 1 aliphatic rings. The quantitative estimate of drug-likeness (QED) is 0.346. The van der Waals surface area contributed by atoms with Gasteiger partial charge in [0.1, 0.15) is 5.75 Å². The Bertz CT molecular complexity index is 548. The lowest BCUT2D eigenvalue weighted by Gasteiger charge is -2.17. The van der Waals surface area contributed by atoms with Crippen molar-refractivity contribution in [2.75, 3.05) is 0 Å². The van der Waals surface area contributed by atoms with E-state index in [1.54, 1.807) is 0 Å². The lowest BCUT2D eigenvalue weighted by Crippen LogP contribution is -2.04. The lowest BCUT2D eigenvalue weighted by molar-refractivity contribution is 0.357. The van der Waals surface area contributed by atoms with Gasteiger partial charge < -0.3 is 5.11 Å². The first-order chi connectivity index (χ1) is 12.8. The van der Waals surface area contributed by atoms with Gasteiger partial charge >= 0.3 is 0 Å². The molecule has 1 fully saturated rings. The fourth-order valence-corrected chi connectivity index (χ4v) is 4.14. The highest BCUT2D eigenvalue weighted by Gasteiger charge is 2.35. The monoisotopic (exact) mass is 372 g/mol. The average Bonchev–Trinajstić information content (AvgIpc) is 3.32. The first-order valence-electron chi connectivity index (χ1n) is 11.6. The van der Waals surface area contributed by atoms with Crippen molar-refractivity contribution in [1.29, 1.82) is 0 Å². The maximum Gasteiger partial charge on any atom is 0.119 e. The van der Waals surface area contributed by atoms with Crippen molar-refractivity contribution < 1.29 is 5.11 Å². The third-order valence-electron chi connectivity index (χ3n) is 6.43. The van der Waals surface area contributed by atoms with Gasteiger partial charge in [-0.2, -0.15) is 0 Å². The van der Waals surface area contributed by atoms with Crippen LogP contribution in [0.3, 0.4) is 0 Å². The van der Waals surface area contributed by atoms with Gasteiger partial charge in [-0.05, 0) is 79.4 Å². The first kappa shape index (κ1) is 22.3. The summed E-state index contributed by atoms with van der Waals surface area (Å²) in [6.45, 7) is 9.42. The van der Waals surface area contributed by atoms with Crippen molar-refractivity contribution in [1.82, 2.24) is 0 Å². The van der Waals surface area contributed by atoms with Crippen LogP contribution < -0.4 is 0 Å². The minimum atomic E-state index is 0.460. The Balaban J connectivity index is 1.65. The molecule has 1 heteroatoms. The van der Waals surface area contributed by atoms with Crippen LogP contribution in [0.25, 0.3) is 0 Å². The van der Waals surface area contributed by atoms with Gasteiger partial charge in [0.25, 0.3) is 0 Å². The van der Waals surface area contributed by atoms with Crippen LogP contribution in [0.4, 0.5) is 0 Å². The fraction of sp³-hybridized carbons (Fsp3) is 0.769. The van der Waals surface area contributed by atoms with E-state index in [9.17, 15) is 5.11 Å². The number of unbranched alkanes of at least 4 members (excludes halogenated alkanes) is 6. The van der Waals surface area contributed by atoms with Crippen LogP contribution >= 0.6 is 0 Å². The zero-order chi connectivity index (χ0) is 19.8. The molecule has 0 spiro atoms. The molecule has 1 aromatic rings. The number of aromatic hydroxyl groups is 1. The number of hydrogen-bond donors (Lipinski definition) is 1. The molecule has 0 heterocycles. The highest BCUT2D eigenvalue weighted by molar-refractivity contribution is 5.39. The van der Waals surface area contributed by atoms with Gasteiger partial charge in [0.05, 0.1) is 0 Å². The molecule has 0 radical (unpaired) electrons. The molecule has 1 aliphatic carbocycles. The first-order valence-corrected chi connectivity index (χ1v) is 11.6. The van der Waals surface area contributed by atoms with E-state index in [0.717, 1.165) is 12.8 Å². The van der Waals surface area contributed by atoms with Crippen molar-refractivity contribution in [3.8, 4) is 5.75 Å². The Labute approximate surface area is 169 Å². The molecule has 154 valence electrons. The molecule has 1 N–H and O–H groups in total. The summed E-state index contributed by atoms with van der Waals surface area (Å²) in [6, 6.07) is 6.13. The van der Waals surface area contributed by atoms with Crippen LogP contribution in [0, 0.1) is 10.8 Å². The zero-order valence-electron chi connectivity index (χ0n) is 18.6. The van der Waals surface area contributed by atoms with Crippen LogP contribution in [-0.2, 0) is 12.8 Å². The standard InChI is InChI=1S/C26H44O/c1-25(2,3)18-11-7-6-10-16-23-22(15-13-17-24(23)27)14-9-5-8-12-19-26(4)20-21-26/h13,15,17,27H,5-12,14,16,18-21H2,1-4H3. The highest BCUT2D eigenvalue weighted by atomic mass is 16.3. The zero-order valence-corrected chi connectivity index (χ0v) is 18.6. The van der Waals surface area contributed by atoms with E-state index in [-0.39, 0.29) is 0 Å². The molecule has 27 heavy (non-hydrogen) atoms. The van der Waals surface area contributed by atoms with Gasteiger partial charge in [-0.3, -0.25) is 0 Å². The van der Waals surface area contributed by atoms with Crippen LogP contribution in [0.5, 0.6) is 5.75 Å². The molecule has 1 nitrogen and oxygen atoms in total. The normalized spacial score (nSPS) is 15.9. The minimum absolute atomic E-state index is 0.460. The van der Waals surface area contributed by atoms with Gasteiger partial charge in [0.2, 0.25) is 0 Å². The molecule has 2 rings (SSSR count). The van der Waals surface area contributed by atoms with Crippen LogP contribution in [-0.4, -0.2) is 5.11 Å². The maximum absolute atomic E-state index is 10.3. The van der Waals surface area contributed by atoms with E-state index < -0.39 is 0 Å². The number of benzene rings is 1. The van der Waals surface area contributed by atoms with Crippen LogP contribution in [0.2, 0.25) is 0 Å². The molecule has 0 saturated heterocycles. The number of phenols is 1. The van der Waals surface area contributed by atoms with Crippen LogP contribution in [0.1, 0.15) is 116 Å². The minimum Gasteiger partial charge on any atom is -0.508 e. The summed E-state index contributed by atoms with van der Waals surface area (Å²) < 4.78 is 0.